The van der Waals surface area contributed by atoms with Crippen LogP contribution in [0.1, 0.15) is 5.56 Å². The molecule has 1 N–H and O–H groups in total. The standard InChI is InChI=1S/C10H9BrN2O2/c11-4-5-15-10(14)13-9-3-1-2-8(6-9)7-12/h1-3,6H,4-5H2,(H,13,14). The summed E-state index contributed by atoms with van der Waals surface area (Å²) in [5.41, 5.74) is 1.04. The summed E-state index contributed by atoms with van der Waals surface area (Å²) in [5.74, 6) is 0. The molecule has 0 radical (unpaired) electrons. The third kappa shape index (κ3) is 4.00. The van der Waals surface area contributed by atoms with E-state index in [1.54, 1.807) is 24.3 Å². The van der Waals surface area contributed by atoms with E-state index in [0.29, 0.717) is 23.2 Å². The van der Waals surface area contributed by atoms with Crippen molar-refractivity contribution in [3.8, 4) is 6.07 Å². The first-order valence-electron chi connectivity index (χ1n) is 4.26. The number of anilines is 1. The molecular formula is C10H9BrN2O2. The lowest BCUT2D eigenvalue weighted by Crippen LogP contribution is -2.14. The zero-order chi connectivity index (χ0) is 11.1. The van der Waals surface area contributed by atoms with Crippen LogP contribution in [0.3, 0.4) is 0 Å². The Bertz CT molecular complexity index is 387. The van der Waals surface area contributed by atoms with Gasteiger partial charge in [0.1, 0.15) is 6.61 Å². The average Bonchev–Trinajstić information content (AvgIpc) is 2.26. The molecule has 4 nitrogen and oxygen atoms in total. The predicted molar refractivity (Wildman–Crippen MR) is 59.9 cm³/mol. The van der Waals surface area contributed by atoms with E-state index in [2.05, 4.69) is 21.2 Å². The van der Waals surface area contributed by atoms with E-state index in [1.165, 1.54) is 0 Å². The van der Waals surface area contributed by atoms with E-state index in [1.807, 2.05) is 6.07 Å². The number of halogens is 1. The van der Waals surface area contributed by atoms with Gasteiger partial charge in [-0.25, -0.2) is 4.79 Å². The number of amides is 1. The van der Waals surface area contributed by atoms with Crippen LogP contribution in [-0.4, -0.2) is 18.0 Å². The van der Waals surface area contributed by atoms with Crippen LogP contribution >= 0.6 is 15.9 Å². The Morgan fingerprint density at radius 2 is 2.40 bits per heavy atom. The molecule has 0 aliphatic carbocycles. The van der Waals surface area contributed by atoms with Crippen molar-refractivity contribution in [2.24, 2.45) is 0 Å². The van der Waals surface area contributed by atoms with Crippen LogP contribution in [0.5, 0.6) is 0 Å². The van der Waals surface area contributed by atoms with Gasteiger partial charge in [0, 0.05) is 11.0 Å². The average molecular weight is 269 g/mol. The number of carbonyl (C=O) groups excluding carboxylic acids is 1. The molecule has 0 saturated heterocycles. The maximum absolute atomic E-state index is 11.1. The first-order valence-corrected chi connectivity index (χ1v) is 5.38. The van der Waals surface area contributed by atoms with Crippen molar-refractivity contribution in [2.45, 2.75) is 0 Å². The molecular weight excluding hydrogens is 260 g/mol. The summed E-state index contributed by atoms with van der Waals surface area (Å²) in [4.78, 5) is 11.1. The third-order valence-electron chi connectivity index (χ3n) is 1.55. The van der Waals surface area contributed by atoms with Gasteiger partial charge in [-0.3, -0.25) is 5.32 Å². The second kappa shape index (κ2) is 6.04. The normalized spacial score (nSPS) is 9.07. The molecule has 1 rings (SSSR count). The Morgan fingerprint density at radius 1 is 1.60 bits per heavy atom. The molecule has 1 aromatic rings. The monoisotopic (exact) mass is 268 g/mol. The number of ether oxygens (including phenoxy) is 1. The summed E-state index contributed by atoms with van der Waals surface area (Å²) in [7, 11) is 0. The molecule has 0 spiro atoms. The number of alkyl halides is 1. The minimum absolute atomic E-state index is 0.309. The highest BCUT2D eigenvalue weighted by atomic mass is 79.9. The molecule has 1 amide bonds. The van der Waals surface area contributed by atoms with E-state index in [9.17, 15) is 4.79 Å². The zero-order valence-corrected chi connectivity index (χ0v) is 9.45. The lowest BCUT2D eigenvalue weighted by molar-refractivity contribution is 0.169. The van der Waals surface area contributed by atoms with Gasteiger partial charge in [-0.2, -0.15) is 5.26 Å². The molecule has 1 aromatic carbocycles. The molecule has 0 aliphatic rings. The number of rotatable bonds is 3. The number of carbonyl (C=O) groups is 1. The van der Waals surface area contributed by atoms with Gasteiger partial charge in [-0.05, 0) is 18.2 Å². The second-order valence-corrected chi connectivity index (χ2v) is 3.44. The lowest BCUT2D eigenvalue weighted by atomic mass is 10.2. The van der Waals surface area contributed by atoms with Gasteiger partial charge < -0.3 is 4.74 Å². The van der Waals surface area contributed by atoms with Crippen molar-refractivity contribution in [3.63, 3.8) is 0 Å². The Labute approximate surface area is 96.0 Å². The van der Waals surface area contributed by atoms with Crippen LogP contribution in [0.25, 0.3) is 0 Å². The second-order valence-electron chi connectivity index (χ2n) is 2.64. The molecule has 78 valence electrons. The van der Waals surface area contributed by atoms with E-state index in [0.717, 1.165) is 0 Å². The summed E-state index contributed by atoms with van der Waals surface area (Å²) in [6.07, 6.45) is -0.524. The Morgan fingerprint density at radius 3 is 3.07 bits per heavy atom. The molecule has 0 heterocycles. The van der Waals surface area contributed by atoms with Gasteiger partial charge in [0.2, 0.25) is 0 Å². The SMILES string of the molecule is N#Cc1cccc(NC(=O)OCCBr)c1. The smallest absolute Gasteiger partial charge is 0.411 e. The van der Waals surface area contributed by atoms with Crippen molar-refractivity contribution in [3.05, 3.63) is 29.8 Å². The van der Waals surface area contributed by atoms with Crippen molar-refractivity contribution in [1.29, 1.82) is 5.26 Å². The van der Waals surface area contributed by atoms with Crippen LogP contribution in [-0.2, 0) is 4.74 Å². The predicted octanol–water partition coefficient (Wildman–Crippen LogP) is 2.50. The van der Waals surface area contributed by atoms with Crippen LogP contribution < -0.4 is 5.32 Å². The number of hydrogen-bond donors (Lipinski definition) is 1. The number of hydrogen-bond acceptors (Lipinski definition) is 3. The van der Waals surface area contributed by atoms with Gasteiger partial charge in [-0.1, -0.05) is 22.0 Å². The molecule has 15 heavy (non-hydrogen) atoms. The van der Waals surface area contributed by atoms with Crippen molar-refractivity contribution >= 4 is 27.7 Å². The molecule has 0 aliphatic heterocycles. The molecule has 0 fully saturated rings. The fourth-order valence-corrected chi connectivity index (χ4v) is 1.11. The van der Waals surface area contributed by atoms with Crippen LogP contribution in [0.15, 0.2) is 24.3 Å². The zero-order valence-electron chi connectivity index (χ0n) is 7.87. The Hall–Kier alpha value is -1.54. The number of benzene rings is 1. The largest absolute Gasteiger partial charge is 0.448 e. The van der Waals surface area contributed by atoms with Crippen LogP contribution in [0, 0.1) is 11.3 Å². The molecule has 0 aromatic heterocycles. The van der Waals surface area contributed by atoms with Crippen LogP contribution in [0.2, 0.25) is 0 Å². The molecule has 0 atom stereocenters. The Kier molecular flexibility index (Phi) is 4.64. The molecule has 0 saturated carbocycles. The van der Waals surface area contributed by atoms with Gasteiger partial charge in [0.05, 0.1) is 11.6 Å². The number of nitrogens with zero attached hydrogens (tertiary/aromatic N) is 1. The van der Waals surface area contributed by atoms with Crippen molar-refractivity contribution in [1.82, 2.24) is 0 Å². The molecule has 5 heteroatoms. The first-order chi connectivity index (χ1) is 7.26. The molecule has 0 bridgehead atoms. The summed E-state index contributed by atoms with van der Waals surface area (Å²) in [6, 6.07) is 8.61. The fourth-order valence-electron chi connectivity index (χ4n) is 0.952. The van der Waals surface area contributed by atoms with Crippen molar-refractivity contribution in [2.75, 3.05) is 17.3 Å². The minimum Gasteiger partial charge on any atom is -0.448 e. The van der Waals surface area contributed by atoms with Gasteiger partial charge in [0.25, 0.3) is 0 Å². The summed E-state index contributed by atoms with van der Waals surface area (Å²) in [6.45, 7) is 0.309. The van der Waals surface area contributed by atoms with E-state index in [-0.39, 0.29) is 0 Å². The highest BCUT2D eigenvalue weighted by Gasteiger charge is 2.02. The van der Waals surface area contributed by atoms with Crippen LogP contribution in [0.4, 0.5) is 10.5 Å². The fraction of sp³-hybridized carbons (Fsp3) is 0.200. The minimum atomic E-state index is -0.524. The van der Waals surface area contributed by atoms with Gasteiger partial charge >= 0.3 is 6.09 Å². The van der Waals surface area contributed by atoms with E-state index < -0.39 is 6.09 Å². The summed E-state index contributed by atoms with van der Waals surface area (Å²) in [5, 5.41) is 11.8. The van der Waals surface area contributed by atoms with Gasteiger partial charge in [-0.15, -0.1) is 0 Å². The topological polar surface area (TPSA) is 62.1 Å². The van der Waals surface area contributed by atoms with Gasteiger partial charge in [0.15, 0.2) is 0 Å². The third-order valence-corrected chi connectivity index (χ3v) is 1.87. The van der Waals surface area contributed by atoms with E-state index in [4.69, 9.17) is 10.00 Å². The van der Waals surface area contributed by atoms with Crippen molar-refractivity contribution < 1.29 is 9.53 Å². The maximum atomic E-state index is 11.1. The quantitative estimate of drug-likeness (QED) is 0.857. The van der Waals surface area contributed by atoms with E-state index >= 15 is 0 Å². The Balaban J connectivity index is 2.57. The summed E-state index contributed by atoms with van der Waals surface area (Å²) >= 11 is 3.14. The highest BCUT2D eigenvalue weighted by Crippen LogP contribution is 2.09. The molecule has 0 unspecified atom stereocenters. The number of nitrogens with one attached hydrogen (secondary N) is 1. The maximum Gasteiger partial charge on any atom is 0.411 e. The summed E-state index contributed by atoms with van der Waals surface area (Å²) < 4.78 is 4.79. The lowest BCUT2D eigenvalue weighted by Gasteiger charge is -2.05. The first kappa shape index (κ1) is 11.5. The number of nitriles is 1. The highest BCUT2D eigenvalue weighted by molar-refractivity contribution is 9.09.